The van der Waals surface area contributed by atoms with Crippen LogP contribution in [0.5, 0.6) is 5.75 Å². The van der Waals surface area contributed by atoms with E-state index in [2.05, 4.69) is 0 Å². The largest absolute Gasteiger partial charge is 0.491 e. The van der Waals surface area contributed by atoms with Gasteiger partial charge in [0.2, 0.25) is 0 Å². The molecular weight excluding hydrogens is 162 g/mol. The molecule has 1 rings (SSSR count). The third kappa shape index (κ3) is 1.45. The molecule has 0 aromatic carbocycles. The number of carbonyl (C=O) groups is 1. The quantitative estimate of drug-likeness (QED) is 0.481. The smallest absolute Gasteiger partial charge is 0.406 e. The van der Waals surface area contributed by atoms with Gasteiger partial charge in [0.25, 0.3) is 6.20 Å². The highest BCUT2D eigenvalue weighted by Crippen LogP contribution is 2.05. The molecule has 5 heteroatoms. The highest BCUT2D eigenvalue weighted by molar-refractivity contribution is 5.83. The molecule has 1 aromatic rings. The van der Waals surface area contributed by atoms with Crippen LogP contribution in [0.25, 0.3) is 0 Å². The van der Waals surface area contributed by atoms with Crippen molar-refractivity contribution >= 4 is 5.97 Å². The van der Waals surface area contributed by atoms with Gasteiger partial charge in [-0.25, -0.2) is 4.79 Å². The molecule has 0 atom stereocenters. The number of carboxylic acids is 1. The maximum atomic E-state index is 10.4. The van der Waals surface area contributed by atoms with Crippen LogP contribution in [0.15, 0.2) is 18.3 Å². The Hall–Kier alpha value is -1.78. The summed E-state index contributed by atoms with van der Waals surface area (Å²) in [7, 11) is 1.43. The summed E-state index contributed by atoms with van der Waals surface area (Å²) in [6.45, 7) is 0. The predicted octanol–water partition coefficient (Wildman–Crippen LogP) is -0.0818. The van der Waals surface area contributed by atoms with Crippen molar-refractivity contribution in [3.63, 3.8) is 0 Å². The maximum Gasteiger partial charge on any atom is 0.406 e. The Morgan fingerprint density at radius 2 is 2.25 bits per heavy atom. The molecule has 0 amide bonds. The molecule has 0 aliphatic heterocycles. The third-order valence-corrected chi connectivity index (χ3v) is 1.36. The van der Waals surface area contributed by atoms with Gasteiger partial charge in [0.15, 0.2) is 5.75 Å². The number of hydrogen-bond acceptors (Lipinski definition) is 3. The second kappa shape index (κ2) is 3.08. The zero-order valence-corrected chi connectivity index (χ0v) is 6.39. The summed E-state index contributed by atoms with van der Waals surface area (Å²) in [5.41, 5.74) is -0.212. The Balaban J connectivity index is 3.12. The van der Waals surface area contributed by atoms with E-state index < -0.39 is 5.97 Å². The first-order valence-corrected chi connectivity index (χ1v) is 3.17. The number of aromatic carboxylic acids is 1. The van der Waals surface area contributed by atoms with Gasteiger partial charge in [0.05, 0.1) is 7.11 Å². The number of rotatable bonds is 2. The second-order valence-electron chi connectivity index (χ2n) is 2.10. The molecule has 0 saturated carbocycles. The lowest BCUT2D eigenvalue weighted by atomic mass is 10.3. The molecule has 0 radical (unpaired) electrons. The molecule has 0 saturated heterocycles. The van der Waals surface area contributed by atoms with Crippen LogP contribution in [0.4, 0.5) is 0 Å². The fraction of sp³-hybridized carbons (Fsp3) is 0.143. The maximum absolute atomic E-state index is 10.4. The van der Waals surface area contributed by atoms with Gasteiger partial charge in [-0.15, -0.1) is 0 Å². The Bertz CT molecular complexity index is 310. The van der Waals surface area contributed by atoms with Crippen molar-refractivity contribution in [3.8, 4) is 5.75 Å². The highest BCUT2D eigenvalue weighted by atomic mass is 16.5. The van der Waals surface area contributed by atoms with E-state index in [1.165, 1.54) is 25.4 Å². The van der Waals surface area contributed by atoms with Crippen molar-refractivity contribution < 1.29 is 24.6 Å². The summed E-state index contributed by atoms with van der Waals surface area (Å²) in [6, 6.07) is 2.71. The van der Waals surface area contributed by atoms with Crippen molar-refractivity contribution in [1.29, 1.82) is 0 Å². The average Bonchev–Trinajstić information content (AvgIpc) is 2.03. The standard InChI is InChI=1S/C7H7NO4/c1-12-5-2-3-6(7(9)10)8(11)4-5/h2-4H,1H3,(H-,9,10,11)/p+1. The molecule has 1 aromatic heterocycles. The van der Waals surface area contributed by atoms with Gasteiger partial charge in [0.1, 0.15) is 0 Å². The summed E-state index contributed by atoms with van der Waals surface area (Å²) < 4.78 is 5.26. The van der Waals surface area contributed by atoms with Crippen molar-refractivity contribution in [2.75, 3.05) is 7.11 Å². The van der Waals surface area contributed by atoms with Crippen LogP contribution in [0.2, 0.25) is 0 Å². The predicted molar refractivity (Wildman–Crippen MR) is 37.3 cm³/mol. The fourth-order valence-corrected chi connectivity index (χ4v) is 0.761. The average molecular weight is 170 g/mol. The zero-order valence-electron chi connectivity index (χ0n) is 6.39. The number of ether oxygens (including phenoxy) is 1. The monoisotopic (exact) mass is 170 g/mol. The number of hydrogen-bond donors (Lipinski definition) is 2. The molecule has 0 unspecified atom stereocenters. The van der Waals surface area contributed by atoms with E-state index in [1.54, 1.807) is 0 Å². The van der Waals surface area contributed by atoms with Crippen molar-refractivity contribution in [3.05, 3.63) is 24.0 Å². The normalized spacial score (nSPS) is 9.42. The van der Waals surface area contributed by atoms with Gasteiger partial charge in [-0.2, -0.15) is 0 Å². The van der Waals surface area contributed by atoms with E-state index in [1.807, 2.05) is 0 Å². The van der Waals surface area contributed by atoms with Gasteiger partial charge in [-0.3, -0.25) is 5.21 Å². The van der Waals surface area contributed by atoms with E-state index in [0.717, 1.165) is 0 Å². The van der Waals surface area contributed by atoms with E-state index in [0.29, 0.717) is 10.5 Å². The lowest BCUT2D eigenvalue weighted by molar-refractivity contribution is -0.906. The van der Waals surface area contributed by atoms with Gasteiger partial charge >= 0.3 is 11.7 Å². The molecule has 2 N–H and O–H groups in total. The van der Waals surface area contributed by atoms with Gasteiger partial charge in [0, 0.05) is 10.8 Å². The molecule has 0 aliphatic rings. The first-order valence-electron chi connectivity index (χ1n) is 3.17. The van der Waals surface area contributed by atoms with E-state index in [9.17, 15) is 4.79 Å². The summed E-state index contributed by atoms with van der Waals surface area (Å²) in [6.07, 6.45) is 1.17. The van der Waals surface area contributed by atoms with Crippen LogP contribution >= 0.6 is 0 Å². The number of nitrogens with zero attached hydrogens (tertiary/aromatic N) is 1. The topological polar surface area (TPSA) is 70.6 Å². The Morgan fingerprint density at radius 1 is 1.58 bits per heavy atom. The second-order valence-corrected chi connectivity index (χ2v) is 2.10. The van der Waals surface area contributed by atoms with E-state index in [-0.39, 0.29) is 5.69 Å². The van der Waals surface area contributed by atoms with Crippen LogP contribution in [0, 0.1) is 0 Å². The molecule has 0 aliphatic carbocycles. The fourth-order valence-electron chi connectivity index (χ4n) is 0.761. The summed E-state index contributed by atoms with van der Waals surface area (Å²) >= 11 is 0. The number of aromatic nitrogens is 1. The Morgan fingerprint density at radius 3 is 2.67 bits per heavy atom. The first-order chi connectivity index (χ1) is 5.65. The van der Waals surface area contributed by atoms with Crippen LogP contribution in [0.3, 0.4) is 0 Å². The van der Waals surface area contributed by atoms with Gasteiger partial charge in [-0.1, -0.05) is 0 Å². The van der Waals surface area contributed by atoms with Crippen molar-refractivity contribution in [2.24, 2.45) is 0 Å². The SMILES string of the molecule is COc1ccc(C(=O)O)[n+](O)c1. The van der Waals surface area contributed by atoms with Crippen LogP contribution in [0.1, 0.15) is 10.5 Å². The number of methoxy groups -OCH3 is 1. The highest BCUT2D eigenvalue weighted by Gasteiger charge is 2.18. The molecule has 0 spiro atoms. The molecule has 1 heterocycles. The zero-order chi connectivity index (χ0) is 9.14. The van der Waals surface area contributed by atoms with Gasteiger partial charge < -0.3 is 9.84 Å². The summed E-state index contributed by atoms with van der Waals surface area (Å²) in [4.78, 5) is 10.4. The number of pyridine rings is 1. The molecule has 0 bridgehead atoms. The minimum atomic E-state index is -1.19. The molecular formula is C7H8NO4+. The van der Waals surface area contributed by atoms with Crippen LogP contribution < -0.4 is 9.47 Å². The minimum absolute atomic E-state index is 0.212. The summed E-state index contributed by atoms with van der Waals surface area (Å²) in [5.74, 6) is -0.803. The Labute approximate surface area is 68.4 Å². The molecule has 12 heavy (non-hydrogen) atoms. The van der Waals surface area contributed by atoms with Crippen LogP contribution in [-0.4, -0.2) is 23.4 Å². The van der Waals surface area contributed by atoms with E-state index in [4.69, 9.17) is 15.1 Å². The van der Waals surface area contributed by atoms with Crippen molar-refractivity contribution in [1.82, 2.24) is 0 Å². The lowest BCUT2D eigenvalue weighted by Gasteiger charge is -1.95. The third-order valence-electron chi connectivity index (χ3n) is 1.36. The summed E-state index contributed by atoms with van der Waals surface area (Å²) in [5, 5.41) is 17.6. The number of carboxylic acid groups (broad SMARTS) is 1. The molecule has 5 nitrogen and oxygen atoms in total. The van der Waals surface area contributed by atoms with Gasteiger partial charge in [-0.05, 0) is 6.07 Å². The molecule has 64 valence electrons. The van der Waals surface area contributed by atoms with Crippen molar-refractivity contribution in [2.45, 2.75) is 0 Å². The van der Waals surface area contributed by atoms with E-state index >= 15 is 0 Å². The Kier molecular flexibility index (Phi) is 2.14. The lowest BCUT2D eigenvalue weighted by Crippen LogP contribution is -2.37. The minimum Gasteiger partial charge on any atom is -0.491 e. The van der Waals surface area contributed by atoms with Crippen LogP contribution in [-0.2, 0) is 0 Å². The molecule has 0 fully saturated rings. The first kappa shape index (κ1) is 8.32.